The summed E-state index contributed by atoms with van der Waals surface area (Å²) in [7, 11) is 0. The van der Waals surface area contributed by atoms with E-state index in [1.165, 1.54) is 44.2 Å². The van der Waals surface area contributed by atoms with Crippen molar-refractivity contribution in [3.63, 3.8) is 0 Å². The predicted octanol–water partition coefficient (Wildman–Crippen LogP) is 4.49. The molecule has 1 amide bonds. The van der Waals surface area contributed by atoms with Crippen molar-refractivity contribution in [1.82, 2.24) is 5.32 Å². The molecule has 2 aliphatic rings. The van der Waals surface area contributed by atoms with Crippen LogP contribution in [0.4, 0.5) is 0 Å². The van der Waals surface area contributed by atoms with Crippen LogP contribution in [0.25, 0.3) is 0 Å². The predicted molar refractivity (Wildman–Crippen MR) is 111 cm³/mol. The molecule has 2 unspecified atom stereocenters. The van der Waals surface area contributed by atoms with Crippen LogP contribution in [0.3, 0.4) is 0 Å². The van der Waals surface area contributed by atoms with Crippen LogP contribution in [-0.2, 0) is 13.0 Å². The number of aromatic hydroxyl groups is 3. The van der Waals surface area contributed by atoms with Crippen molar-refractivity contribution in [2.24, 2.45) is 17.8 Å². The third-order valence-electron chi connectivity index (χ3n) is 6.64. The summed E-state index contributed by atoms with van der Waals surface area (Å²) in [5, 5.41) is 32.0. The summed E-state index contributed by atoms with van der Waals surface area (Å²) in [5.74, 6) is 2.18. The topological polar surface area (TPSA) is 89.8 Å². The monoisotopic (exact) mass is 395 g/mol. The third-order valence-corrected chi connectivity index (χ3v) is 6.64. The maximum absolute atomic E-state index is 12.5. The number of amides is 1. The summed E-state index contributed by atoms with van der Waals surface area (Å²) < 4.78 is 0. The van der Waals surface area contributed by atoms with Crippen molar-refractivity contribution < 1.29 is 20.1 Å². The minimum Gasteiger partial charge on any atom is -0.508 e. The number of carbonyl (C=O) groups is 1. The van der Waals surface area contributed by atoms with Crippen molar-refractivity contribution in [2.75, 3.05) is 0 Å². The van der Waals surface area contributed by atoms with E-state index in [0.29, 0.717) is 11.1 Å². The lowest BCUT2D eigenvalue weighted by molar-refractivity contribution is 0.0950. The molecule has 2 bridgehead atoms. The van der Waals surface area contributed by atoms with Gasteiger partial charge in [0.05, 0.1) is 0 Å². The lowest BCUT2D eigenvalue weighted by Gasteiger charge is -2.27. The number of phenolic OH excluding ortho intramolecular Hbond substituents is 3. The van der Waals surface area contributed by atoms with Gasteiger partial charge in [0.1, 0.15) is 5.75 Å². The molecule has 0 aromatic heterocycles. The van der Waals surface area contributed by atoms with Crippen LogP contribution in [0.1, 0.15) is 60.0 Å². The lowest BCUT2D eigenvalue weighted by atomic mass is 9.78. The number of aryl methyl sites for hydroxylation is 1. The first kappa shape index (κ1) is 19.6. The van der Waals surface area contributed by atoms with Crippen molar-refractivity contribution >= 4 is 5.91 Å². The lowest BCUT2D eigenvalue weighted by Crippen LogP contribution is -2.23. The van der Waals surface area contributed by atoms with Gasteiger partial charge in [-0.1, -0.05) is 18.9 Å². The number of nitrogens with one attached hydrogen (secondary N) is 1. The average molecular weight is 395 g/mol. The average Bonchev–Trinajstić information content (AvgIpc) is 3.06. The standard InChI is InChI=1S/C24H29NO4/c26-21-8-6-20(24(29)25-14-18-4-7-22(27)23(28)12-18)13-19(21)5-3-17-10-15-1-2-16(9-15)11-17/h4,6-8,12-13,15-17,26-28H,1-3,5,9-11,14H2,(H,25,29). The van der Waals surface area contributed by atoms with Gasteiger partial charge in [-0.2, -0.15) is 0 Å². The Morgan fingerprint density at radius 1 is 0.897 bits per heavy atom. The molecular weight excluding hydrogens is 366 g/mol. The highest BCUT2D eigenvalue weighted by Gasteiger charge is 2.33. The van der Waals surface area contributed by atoms with Gasteiger partial charge in [0.15, 0.2) is 11.5 Å². The van der Waals surface area contributed by atoms with Gasteiger partial charge in [-0.25, -0.2) is 0 Å². The number of rotatable bonds is 6. The largest absolute Gasteiger partial charge is 0.508 e. The van der Waals surface area contributed by atoms with Gasteiger partial charge in [-0.3, -0.25) is 4.79 Å². The van der Waals surface area contributed by atoms with Crippen molar-refractivity contribution in [2.45, 2.75) is 51.5 Å². The highest BCUT2D eigenvalue weighted by molar-refractivity contribution is 5.94. The van der Waals surface area contributed by atoms with Crippen LogP contribution in [0.15, 0.2) is 36.4 Å². The third kappa shape index (κ3) is 4.66. The zero-order chi connectivity index (χ0) is 20.4. The van der Waals surface area contributed by atoms with E-state index in [-0.39, 0.29) is 29.7 Å². The molecule has 0 heterocycles. The van der Waals surface area contributed by atoms with Gasteiger partial charge in [0, 0.05) is 12.1 Å². The molecule has 154 valence electrons. The second-order valence-corrected chi connectivity index (χ2v) is 8.77. The van der Waals surface area contributed by atoms with Crippen LogP contribution in [0, 0.1) is 17.8 Å². The molecule has 2 atom stereocenters. The fraction of sp³-hybridized carbons (Fsp3) is 0.458. The van der Waals surface area contributed by atoms with Gasteiger partial charge >= 0.3 is 0 Å². The maximum atomic E-state index is 12.5. The molecule has 4 N–H and O–H groups in total. The van der Waals surface area contributed by atoms with Crippen LogP contribution in [0.5, 0.6) is 17.2 Å². The van der Waals surface area contributed by atoms with E-state index in [2.05, 4.69) is 5.32 Å². The van der Waals surface area contributed by atoms with Crippen LogP contribution >= 0.6 is 0 Å². The molecule has 4 rings (SSSR count). The minimum atomic E-state index is -0.227. The first-order chi connectivity index (χ1) is 14.0. The van der Waals surface area contributed by atoms with E-state index in [1.54, 1.807) is 24.3 Å². The maximum Gasteiger partial charge on any atom is 0.251 e. The molecule has 2 saturated carbocycles. The Labute approximate surface area is 171 Å². The van der Waals surface area contributed by atoms with Crippen LogP contribution in [-0.4, -0.2) is 21.2 Å². The van der Waals surface area contributed by atoms with Gasteiger partial charge < -0.3 is 20.6 Å². The second-order valence-electron chi connectivity index (χ2n) is 8.77. The van der Waals surface area contributed by atoms with E-state index in [4.69, 9.17) is 0 Å². The molecular formula is C24H29NO4. The summed E-state index contributed by atoms with van der Waals surface area (Å²) in [6.07, 6.45) is 8.69. The molecule has 5 nitrogen and oxygen atoms in total. The van der Waals surface area contributed by atoms with E-state index in [9.17, 15) is 20.1 Å². The van der Waals surface area contributed by atoms with Gasteiger partial charge in [-0.05, 0) is 91.3 Å². The number of fused-ring (bicyclic) bond motifs is 2. The molecule has 0 aliphatic heterocycles. The molecule has 29 heavy (non-hydrogen) atoms. The molecule has 5 heteroatoms. The normalized spacial score (nSPS) is 23.1. The van der Waals surface area contributed by atoms with E-state index in [1.807, 2.05) is 0 Å². The summed E-state index contributed by atoms with van der Waals surface area (Å²) in [5.41, 5.74) is 2.04. The highest BCUT2D eigenvalue weighted by atomic mass is 16.3. The summed E-state index contributed by atoms with van der Waals surface area (Å²) >= 11 is 0. The van der Waals surface area contributed by atoms with E-state index >= 15 is 0 Å². The number of hydrogen-bond donors (Lipinski definition) is 4. The zero-order valence-corrected chi connectivity index (χ0v) is 16.6. The number of hydrogen-bond acceptors (Lipinski definition) is 4. The zero-order valence-electron chi connectivity index (χ0n) is 16.6. The number of benzene rings is 2. The SMILES string of the molecule is O=C(NCc1ccc(O)c(O)c1)c1ccc(O)c(CCC2CC3CCC(C2)C3)c1. The smallest absolute Gasteiger partial charge is 0.251 e. The summed E-state index contributed by atoms with van der Waals surface area (Å²) in [4.78, 5) is 12.5. The van der Waals surface area contributed by atoms with E-state index in [0.717, 1.165) is 36.2 Å². The van der Waals surface area contributed by atoms with Crippen molar-refractivity contribution in [3.05, 3.63) is 53.1 Å². The van der Waals surface area contributed by atoms with Crippen molar-refractivity contribution in [3.8, 4) is 17.2 Å². The van der Waals surface area contributed by atoms with E-state index < -0.39 is 0 Å². The Balaban J connectivity index is 1.35. The summed E-state index contributed by atoms with van der Waals surface area (Å²) in [6.45, 7) is 0.244. The number of phenols is 3. The van der Waals surface area contributed by atoms with Gasteiger partial charge in [-0.15, -0.1) is 0 Å². The molecule has 2 aliphatic carbocycles. The molecule has 2 aromatic rings. The van der Waals surface area contributed by atoms with Crippen molar-refractivity contribution in [1.29, 1.82) is 0 Å². The fourth-order valence-corrected chi connectivity index (χ4v) is 5.13. The Kier molecular flexibility index (Phi) is 5.65. The summed E-state index contributed by atoms with van der Waals surface area (Å²) in [6, 6.07) is 9.48. The minimum absolute atomic E-state index is 0.186. The fourth-order valence-electron chi connectivity index (χ4n) is 5.13. The Morgan fingerprint density at radius 2 is 1.62 bits per heavy atom. The molecule has 0 saturated heterocycles. The Bertz CT molecular complexity index is 882. The first-order valence-electron chi connectivity index (χ1n) is 10.6. The van der Waals surface area contributed by atoms with Gasteiger partial charge in [0.2, 0.25) is 0 Å². The quantitative estimate of drug-likeness (QED) is 0.543. The Hall–Kier alpha value is -2.69. The van der Waals surface area contributed by atoms with Gasteiger partial charge in [0.25, 0.3) is 5.91 Å². The Morgan fingerprint density at radius 3 is 2.34 bits per heavy atom. The second kappa shape index (κ2) is 8.36. The molecule has 2 aromatic carbocycles. The molecule has 2 fully saturated rings. The first-order valence-corrected chi connectivity index (χ1v) is 10.6. The molecule has 0 spiro atoms. The molecule has 0 radical (unpaired) electrons. The van der Waals surface area contributed by atoms with Crippen LogP contribution < -0.4 is 5.32 Å². The highest BCUT2D eigenvalue weighted by Crippen LogP contribution is 2.46. The number of carbonyl (C=O) groups excluding carboxylic acids is 1. The van der Waals surface area contributed by atoms with Crippen LogP contribution in [0.2, 0.25) is 0 Å².